The predicted molar refractivity (Wildman–Crippen MR) is 86.7 cm³/mol. The van der Waals surface area contributed by atoms with Crippen molar-refractivity contribution in [2.75, 3.05) is 19.4 Å². The maximum Gasteiger partial charge on any atom is 0.259 e. The molecule has 4 N–H and O–H groups in total. The highest BCUT2D eigenvalue weighted by atomic mass is 32.1. The molecule has 0 unspecified atom stereocenters. The minimum Gasteiger partial charge on any atom is -0.398 e. The van der Waals surface area contributed by atoms with Crippen LogP contribution in [0.4, 0.5) is 10.8 Å². The number of rotatable bonds is 6. The summed E-state index contributed by atoms with van der Waals surface area (Å²) in [5.41, 5.74) is 11.5. The summed E-state index contributed by atoms with van der Waals surface area (Å²) >= 11 is 1.17. The van der Waals surface area contributed by atoms with Crippen molar-refractivity contribution in [1.82, 2.24) is 10.3 Å². The van der Waals surface area contributed by atoms with Gasteiger partial charge in [-0.3, -0.25) is 9.59 Å². The summed E-state index contributed by atoms with van der Waals surface area (Å²) < 4.78 is 0. The highest BCUT2D eigenvalue weighted by Gasteiger charge is 2.23. The molecule has 0 saturated heterocycles. The third-order valence-corrected chi connectivity index (χ3v) is 3.40. The largest absolute Gasteiger partial charge is 0.398 e. The Labute approximate surface area is 136 Å². The van der Waals surface area contributed by atoms with Crippen LogP contribution < -0.4 is 16.8 Å². The number of hydrogen-bond acceptors (Lipinski definition) is 8. The van der Waals surface area contributed by atoms with Gasteiger partial charge in [-0.15, -0.1) is 11.3 Å². The average molecular weight is 332 g/mol. The molecule has 0 aliphatic carbocycles. The van der Waals surface area contributed by atoms with E-state index in [1.807, 2.05) is 0 Å². The Balaban J connectivity index is 2.42. The number of anilines is 1. The number of Topliss-reactive ketones (excluding diaryl/α,β-unsaturated/α-hetero) is 1. The lowest BCUT2D eigenvalue weighted by molar-refractivity contribution is -0.118. The highest BCUT2D eigenvalue weighted by Crippen LogP contribution is 2.20. The number of amides is 1. The van der Waals surface area contributed by atoms with Crippen LogP contribution in [0.15, 0.2) is 34.8 Å². The normalized spacial score (nSPS) is 11.1. The Morgan fingerprint density at radius 1 is 1.35 bits per heavy atom. The molecule has 8 nitrogen and oxygen atoms in total. The van der Waals surface area contributed by atoms with Crippen LogP contribution in [-0.4, -0.2) is 36.0 Å². The molecule has 119 valence electrons. The molecular weight excluding hydrogens is 318 g/mol. The van der Waals surface area contributed by atoms with Crippen LogP contribution >= 0.6 is 11.3 Å². The molecule has 0 aliphatic heterocycles. The number of nitrogens with zero attached hydrogens (tertiary/aromatic N) is 3. The Kier molecular flexibility index (Phi) is 5.39. The van der Waals surface area contributed by atoms with Crippen LogP contribution in [0.1, 0.15) is 16.1 Å². The van der Waals surface area contributed by atoms with E-state index in [9.17, 15) is 9.59 Å². The third-order valence-electron chi connectivity index (χ3n) is 2.73. The number of para-hydroxylation sites is 1. The van der Waals surface area contributed by atoms with Crippen molar-refractivity contribution in [2.45, 2.75) is 0 Å². The number of nitrogens with two attached hydrogens (primary N) is 2. The summed E-state index contributed by atoms with van der Waals surface area (Å²) in [4.78, 5) is 32.9. The highest BCUT2D eigenvalue weighted by molar-refractivity contribution is 7.13. The topological polar surface area (TPSA) is 135 Å². The summed E-state index contributed by atoms with van der Waals surface area (Å²) in [6.07, 6.45) is 0. The predicted octanol–water partition coefficient (Wildman–Crippen LogP) is 0.680. The fraction of sp³-hybridized carbons (Fsp3) is 0.143. The Morgan fingerprint density at radius 2 is 2.09 bits per heavy atom. The number of oxime groups is 1. The first-order valence-corrected chi connectivity index (χ1v) is 7.35. The number of thiazole rings is 1. The molecule has 0 bridgehead atoms. The van der Waals surface area contributed by atoms with Crippen molar-refractivity contribution in [3.63, 3.8) is 0 Å². The van der Waals surface area contributed by atoms with Crippen molar-refractivity contribution in [2.24, 2.45) is 10.9 Å². The van der Waals surface area contributed by atoms with Crippen LogP contribution in [0.5, 0.6) is 0 Å². The van der Waals surface area contributed by atoms with Gasteiger partial charge in [-0.2, -0.15) is 0 Å². The molecule has 0 aliphatic rings. The van der Waals surface area contributed by atoms with Gasteiger partial charge >= 0.3 is 0 Å². The molecule has 2 aromatic rings. The summed E-state index contributed by atoms with van der Waals surface area (Å²) in [6, 6.07) is 6.39. The molecule has 0 saturated carbocycles. The monoisotopic (exact) mass is 332 g/mol. The minimum atomic E-state index is -0.534. The molecule has 23 heavy (non-hydrogen) atoms. The van der Waals surface area contributed by atoms with E-state index in [2.05, 4.69) is 15.5 Å². The second kappa shape index (κ2) is 7.47. The molecule has 1 aromatic carbocycles. The fourth-order valence-corrected chi connectivity index (χ4v) is 2.31. The van der Waals surface area contributed by atoms with E-state index < -0.39 is 11.7 Å². The number of benzene rings is 1. The van der Waals surface area contributed by atoms with Crippen molar-refractivity contribution >= 4 is 39.6 Å². The van der Waals surface area contributed by atoms with E-state index in [0.717, 1.165) is 0 Å². The maximum absolute atomic E-state index is 12.7. The molecule has 1 amide bonds. The standard InChI is InChI=1S/C14H14N5O3S/c1-22-19-12(10-7-23-14(16)18-10)13(21)8-4-2-3-5-9(8)17-11(20)6-15/h2-5,7H,6,15H2,1H3,(H2,16,18). The van der Waals surface area contributed by atoms with Crippen molar-refractivity contribution in [1.29, 1.82) is 0 Å². The van der Waals surface area contributed by atoms with E-state index >= 15 is 0 Å². The number of hydrogen-bond donors (Lipinski definition) is 2. The molecule has 1 aromatic heterocycles. The van der Waals surface area contributed by atoms with Crippen molar-refractivity contribution in [3.05, 3.63) is 40.9 Å². The van der Waals surface area contributed by atoms with Gasteiger partial charge in [0.2, 0.25) is 5.78 Å². The van der Waals surface area contributed by atoms with Gasteiger partial charge in [-0.1, -0.05) is 17.3 Å². The molecular formula is C14H14N5O3S. The Bertz CT molecular complexity index is 756. The Morgan fingerprint density at radius 3 is 2.70 bits per heavy atom. The first-order chi connectivity index (χ1) is 11.1. The molecule has 9 heteroatoms. The molecule has 1 radical (unpaired) electrons. The maximum atomic E-state index is 12.7. The second-order valence-corrected chi connectivity index (χ2v) is 5.14. The lowest BCUT2D eigenvalue weighted by atomic mass is 10.0. The molecule has 0 spiro atoms. The van der Waals surface area contributed by atoms with Gasteiger partial charge in [-0.25, -0.2) is 10.3 Å². The third kappa shape index (κ3) is 3.90. The second-order valence-electron chi connectivity index (χ2n) is 4.25. The van der Waals surface area contributed by atoms with Crippen LogP contribution in [0.2, 0.25) is 0 Å². The molecule has 1 heterocycles. The number of carbonyl (C=O) groups is 2. The average Bonchev–Trinajstić information content (AvgIpc) is 2.98. The van der Waals surface area contributed by atoms with E-state index in [-0.39, 0.29) is 23.5 Å². The number of ketones is 1. The van der Waals surface area contributed by atoms with E-state index in [0.29, 0.717) is 10.8 Å². The summed E-state index contributed by atoms with van der Waals surface area (Å²) in [5.74, 6) is -1.02. The number of aromatic nitrogens is 1. The van der Waals surface area contributed by atoms with Gasteiger partial charge in [0.25, 0.3) is 5.91 Å². The SMILES string of the molecule is CON=C(C(=O)c1ccccc1[N]C(=O)CN)c1csc(N)n1. The van der Waals surface area contributed by atoms with Crippen molar-refractivity contribution in [3.8, 4) is 0 Å². The zero-order valence-corrected chi connectivity index (χ0v) is 13.0. The minimum absolute atomic E-state index is 0.0247. The van der Waals surface area contributed by atoms with E-state index in [1.165, 1.54) is 24.5 Å². The summed E-state index contributed by atoms with van der Waals surface area (Å²) in [5, 5.41) is 9.44. The lowest BCUT2D eigenvalue weighted by Crippen LogP contribution is -2.24. The van der Waals surface area contributed by atoms with Gasteiger partial charge < -0.3 is 16.3 Å². The van der Waals surface area contributed by atoms with Crippen LogP contribution in [0.25, 0.3) is 0 Å². The van der Waals surface area contributed by atoms with Gasteiger partial charge in [0, 0.05) is 5.38 Å². The van der Waals surface area contributed by atoms with Gasteiger partial charge in [-0.05, 0) is 12.1 Å². The zero-order chi connectivity index (χ0) is 16.8. The van der Waals surface area contributed by atoms with Crippen LogP contribution in [-0.2, 0) is 9.63 Å². The number of carbonyl (C=O) groups excluding carboxylic acids is 2. The van der Waals surface area contributed by atoms with Crippen LogP contribution in [0, 0.1) is 0 Å². The van der Waals surface area contributed by atoms with E-state index in [4.69, 9.17) is 16.3 Å². The van der Waals surface area contributed by atoms with E-state index in [1.54, 1.807) is 23.6 Å². The summed E-state index contributed by atoms with van der Waals surface area (Å²) in [7, 11) is 1.32. The van der Waals surface area contributed by atoms with Crippen molar-refractivity contribution < 1.29 is 14.4 Å². The molecule has 0 atom stereocenters. The lowest BCUT2D eigenvalue weighted by Gasteiger charge is -2.08. The van der Waals surface area contributed by atoms with Crippen LogP contribution in [0.3, 0.4) is 0 Å². The van der Waals surface area contributed by atoms with Gasteiger partial charge in [0.1, 0.15) is 12.8 Å². The molecule has 2 rings (SSSR count). The zero-order valence-electron chi connectivity index (χ0n) is 12.2. The first-order valence-electron chi connectivity index (χ1n) is 6.47. The van der Waals surface area contributed by atoms with Gasteiger partial charge in [0.05, 0.1) is 17.8 Å². The fourth-order valence-electron chi connectivity index (χ4n) is 1.76. The number of nitrogen functional groups attached to an aromatic ring is 1. The van der Waals surface area contributed by atoms with Gasteiger partial charge in [0.15, 0.2) is 10.8 Å². The first kappa shape index (κ1) is 16.6. The Hall–Kier alpha value is -2.78. The summed E-state index contributed by atoms with van der Waals surface area (Å²) in [6.45, 7) is -0.246. The molecule has 0 fully saturated rings. The smallest absolute Gasteiger partial charge is 0.259 e. The quantitative estimate of drug-likeness (QED) is 0.454.